The van der Waals surface area contributed by atoms with Crippen LogP contribution in [0.4, 0.5) is 0 Å². The molecule has 1 atom stereocenters. The highest BCUT2D eigenvalue weighted by molar-refractivity contribution is 5.68. The second kappa shape index (κ2) is 5.32. The molecule has 0 aliphatic heterocycles. The normalized spacial score (nSPS) is 11.9. The molecule has 1 aromatic heterocycles. The fourth-order valence-corrected chi connectivity index (χ4v) is 1.35. The van der Waals surface area contributed by atoms with Crippen LogP contribution in [0.5, 0.6) is 11.5 Å². The lowest BCUT2D eigenvalue weighted by molar-refractivity contribution is -0.139. The number of carboxylic acids is 1. The van der Waals surface area contributed by atoms with Crippen molar-refractivity contribution >= 4 is 5.97 Å². The smallest absolute Gasteiger partial charge is 0.306 e. The molecule has 0 fully saturated rings. The monoisotopic (exact) mass is 227 g/mol. The van der Waals surface area contributed by atoms with E-state index in [0.29, 0.717) is 17.1 Å². The van der Waals surface area contributed by atoms with Gasteiger partial charge in [0.15, 0.2) is 0 Å². The number of nitrogens with zero attached hydrogens (tertiary/aromatic N) is 1. The van der Waals surface area contributed by atoms with Gasteiger partial charge in [-0.15, -0.1) is 0 Å². The molecule has 6 nitrogen and oxygen atoms in total. The Balaban J connectivity index is 3.12. The quantitative estimate of drug-likeness (QED) is 0.766. The molecule has 1 unspecified atom stereocenters. The van der Waals surface area contributed by atoms with Gasteiger partial charge in [-0.2, -0.15) is 0 Å². The van der Waals surface area contributed by atoms with Gasteiger partial charge in [0.2, 0.25) is 0 Å². The predicted octanol–water partition coefficient (Wildman–Crippen LogP) is 0.607. The summed E-state index contributed by atoms with van der Waals surface area (Å²) in [5, 5.41) is 18.4. The van der Waals surface area contributed by atoms with E-state index in [9.17, 15) is 9.90 Å². The van der Waals surface area contributed by atoms with Gasteiger partial charge in [-0.3, -0.25) is 9.78 Å². The molecule has 0 aliphatic carbocycles. The zero-order chi connectivity index (χ0) is 12.1. The van der Waals surface area contributed by atoms with Gasteiger partial charge in [0, 0.05) is 0 Å². The molecule has 0 aromatic carbocycles. The van der Waals surface area contributed by atoms with Gasteiger partial charge in [-0.05, 0) is 0 Å². The number of aliphatic hydroxyl groups is 1. The van der Waals surface area contributed by atoms with Gasteiger partial charge in [0.05, 0.1) is 44.7 Å². The number of aromatic nitrogens is 1. The summed E-state index contributed by atoms with van der Waals surface area (Å²) in [7, 11) is 2.82. The van der Waals surface area contributed by atoms with Gasteiger partial charge >= 0.3 is 5.97 Å². The number of pyridine rings is 1. The number of hydrogen-bond acceptors (Lipinski definition) is 5. The van der Waals surface area contributed by atoms with Crippen LogP contribution in [-0.2, 0) is 4.79 Å². The molecule has 0 spiro atoms. The summed E-state index contributed by atoms with van der Waals surface area (Å²) in [6.07, 6.45) is 1.17. The van der Waals surface area contributed by atoms with Crippen LogP contribution in [0.1, 0.15) is 18.1 Å². The minimum Gasteiger partial charge on any atom is -0.495 e. The first-order valence-electron chi connectivity index (χ1n) is 4.55. The summed E-state index contributed by atoms with van der Waals surface area (Å²) < 4.78 is 9.99. The summed E-state index contributed by atoms with van der Waals surface area (Å²) >= 11 is 0. The highest BCUT2D eigenvalue weighted by Gasteiger charge is 2.21. The second-order valence-corrected chi connectivity index (χ2v) is 3.07. The van der Waals surface area contributed by atoms with Crippen molar-refractivity contribution in [1.82, 2.24) is 4.98 Å². The maximum atomic E-state index is 10.5. The Labute approximate surface area is 92.5 Å². The molecule has 16 heavy (non-hydrogen) atoms. The number of hydrogen-bond donors (Lipinski definition) is 2. The molecular formula is C10H13NO5. The van der Waals surface area contributed by atoms with E-state index in [1.54, 1.807) is 0 Å². The highest BCUT2D eigenvalue weighted by Crippen LogP contribution is 2.34. The van der Waals surface area contributed by atoms with E-state index in [1.807, 2.05) is 0 Å². The van der Waals surface area contributed by atoms with Crippen LogP contribution in [0.25, 0.3) is 0 Å². The van der Waals surface area contributed by atoms with E-state index in [-0.39, 0.29) is 0 Å². The van der Waals surface area contributed by atoms with Crippen LogP contribution in [0.2, 0.25) is 0 Å². The molecule has 0 saturated carbocycles. The Hall–Kier alpha value is -1.82. The fourth-order valence-electron chi connectivity index (χ4n) is 1.35. The Morgan fingerprint density at radius 1 is 1.38 bits per heavy atom. The van der Waals surface area contributed by atoms with Crippen LogP contribution < -0.4 is 9.47 Å². The number of aliphatic carboxylic acids is 1. The van der Waals surface area contributed by atoms with Crippen LogP contribution >= 0.6 is 0 Å². The van der Waals surface area contributed by atoms with Crippen molar-refractivity contribution in [3.05, 3.63) is 18.0 Å². The number of carboxylic acid groups (broad SMARTS) is 1. The highest BCUT2D eigenvalue weighted by atomic mass is 16.5. The van der Waals surface area contributed by atoms with Gasteiger partial charge in [0.1, 0.15) is 11.5 Å². The van der Waals surface area contributed by atoms with Crippen LogP contribution in [-0.4, -0.2) is 35.4 Å². The Morgan fingerprint density at radius 3 is 2.25 bits per heavy atom. The summed E-state index contributed by atoms with van der Waals surface area (Å²) in [6, 6.07) is 0. The number of ether oxygens (including phenoxy) is 2. The molecule has 0 bridgehead atoms. The van der Waals surface area contributed by atoms with Crippen molar-refractivity contribution < 1.29 is 24.5 Å². The van der Waals surface area contributed by atoms with Crippen molar-refractivity contribution in [3.8, 4) is 11.5 Å². The zero-order valence-corrected chi connectivity index (χ0v) is 9.01. The third kappa shape index (κ3) is 2.60. The lowest BCUT2D eigenvalue weighted by atomic mass is 10.1. The third-order valence-corrected chi connectivity index (χ3v) is 2.06. The van der Waals surface area contributed by atoms with E-state index in [1.165, 1.54) is 26.6 Å². The third-order valence-electron chi connectivity index (χ3n) is 2.06. The topological polar surface area (TPSA) is 88.9 Å². The summed E-state index contributed by atoms with van der Waals surface area (Å²) in [5.41, 5.74) is 0.294. The first-order chi connectivity index (χ1) is 7.60. The molecule has 1 rings (SSSR count). The summed E-state index contributed by atoms with van der Waals surface area (Å²) in [6.45, 7) is 0. The largest absolute Gasteiger partial charge is 0.495 e. The number of methoxy groups -OCH3 is 2. The van der Waals surface area contributed by atoms with E-state index in [4.69, 9.17) is 14.6 Å². The van der Waals surface area contributed by atoms with Crippen LogP contribution in [0.15, 0.2) is 12.4 Å². The van der Waals surface area contributed by atoms with E-state index < -0.39 is 18.5 Å². The molecule has 2 N–H and O–H groups in total. The number of aliphatic hydroxyl groups excluding tert-OH is 1. The SMILES string of the molecule is COc1cncc(OC)c1C(O)CC(=O)O. The van der Waals surface area contributed by atoms with E-state index in [0.717, 1.165) is 0 Å². The van der Waals surface area contributed by atoms with Crippen molar-refractivity contribution in [2.75, 3.05) is 14.2 Å². The number of rotatable bonds is 5. The minimum absolute atomic E-state index is 0.294. The van der Waals surface area contributed by atoms with Gasteiger partial charge in [-0.25, -0.2) is 0 Å². The molecule has 0 saturated heterocycles. The molecule has 1 heterocycles. The van der Waals surface area contributed by atoms with E-state index in [2.05, 4.69) is 4.98 Å². The van der Waals surface area contributed by atoms with Crippen molar-refractivity contribution in [3.63, 3.8) is 0 Å². The Bertz CT molecular complexity index is 357. The van der Waals surface area contributed by atoms with E-state index >= 15 is 0 Å². The van der Waals surface area contributed by atoms with Gasteiger partial charge < -0.3 is 19.7 Å². The summed E-state index contributed by atoms with van der Waals surface area (Å²) in [4.78, 5) is 14.4. The molecule has 1 aromatic rings. The molecule has 0 radical (unpaired) electrons. The average Bonchev–Trinajstić information content (AvgIpc) is 2.26. The second-order valence-electron chi connectivity index (χ2n) is 3.07. The predicted molar refractivity (Wildman–Crippen MR) is 54.6 cm³/mol. The first-order valence-corrected chi connectivity index (χ1v) is 4.55. The first kappa shape index (κ1) is 12.3. The lowest BCUT2D eigenvalue weighted by Gasteiger charge is -2.15. The maximum absolute atomic E-state index is 10.5. The van der Waals surface area contributed by atoms with Gasteiger partial charge in [0.25, 0.3) is 0 Å². The zero-order valence-electron chi connectivity index (χ0n) is 9.01. The molecule has 6 heteroatoms. The summed E-state index contributed by atoms with van der Waals surface area (Å²) in [5.74, 6) is -0.505. The minimum atomic E-state index is -1.19. The fraction of sp³-hybridized carbons (Fsp3) is 0.400. The van der Waals surface area contributed by atoms with Crippen molar-refractivity contribution in [2.24, 2.45) is 0 Å². The van der Waals surface area contributed by atoms with Crippen molar-refractivity contribution in [2.45, 2.75) is 12.5 Å². The Morgan fingerprint density at radius 2 is 1.88 bits per heavy atom. The molecule has 88 valence electrons. The van der Waals surface area contributed by atoms with Crippen molar-refractivity contribution in [1.29, 1.82) is 0 Å². The van der Waals surface area contributed by atoms with Crippen LogP contribution in [0.3, 0.4) is 0 Å². The van der Waals surface area contributed by atoms with Gasteiger partial charge in [-0.1, -0.05) is 0 Å². The molecular weight excluding hydrogens is 214 g/mol. The maximum Gasteiger partial charge on any atom is 0.306 e. The molecule has 0 amide bonds. The average molecular weight is 227 g/mol. The Kier molecular flexibility index (Phi) is 4.07. The standard InChI is InChI=1S/C10H13NO5/c1-15-7-4-11-5-8(16-2)10(7)6(12)3-9(13)14/h4-6,12H,3H2,1-2H3,(H,13,14). The lowest BCUT2D eigenvalue weighted by Crippen LogP contribution is -2.09. The molecule has 0 aliphatic rings. The van der Waals surface area contributed by atoms with Crippen LogP contribution in [0, 0.1) is 0 Å². The number of carbonyl (C=O) groups is 1.